The van der Waals surface area contributed by atoms with Gasteiger partial charge in [0.1, 0.15) is 0 Å². The van der Waals surface area contributed by atoms with Gasteiger partial charge >= 0.3 is 0 Å². The smallest absolute Gasteiger partial charge is 0.246 e. The second-order valence-corrected chi connectivity index (χ2v) is 5.83. The van der Waals surface area contributed by atoms with Gasteiger partial charge in [-0.1, -0.05) is 41.1 Å². The van der Waals surface area contributed by atoms with Gasteiger partial charge in [-0.2, -0.15) is 0 Å². The summed E-state index contributed by atoms with van der Waals surface area (Å²) >= 11 is 3.45. The Balaban J connectivity index is 2.00. The number of carbonyl (C=O) groups is 1. The summed E-state index contributed by atoms with van der Waals surface area (Å²) in [7, 11) is 0. The summed E-state index contributed by atoms with van der Waals surface area (Å²) in [5.41, 5.74) is 0.987. The zero-order valence-corrected chi connectivity index (χ0v) is 12.5. The molecular formula is C15H18BrNO2. The Hall–Kier alpha value is -1.13. The number of hydrogen-bond acceptors (Lipinski definition) is 2. The van der Waals surface area contributed by atoms with Crippen LogP contribution in [0.15, 0.2) is 34.8 Å². The lowest BCUT2D eigenvalue weighted by Crippen LogP contribution is -2.44. The third-order valence-electron chi connectivity index (χ3n) is 3.48. The predicted molar refractivity (Wildman–Crippen MR) is 79.5 cm³/mol. The van der Waals surface area contributed by atoms with Crippen LogP contribution < -0.4 is 0 Å². The molecule has 0 bridgehead atoms. The van der Waals surface area contributed by atoms with E-state index >= 15 is 0 Å². The summed E-state index contributed by atoms with van der Waals surface area (Å²) in [6.45, 7) is 3.23. The Kier molecular flexibility index (Phi) is 4.77. The van der Waals surface area contributed by atoms with E-state index in [4.69, 9.17) is 0 Å². The molecule has 2 atom stereocenters. The van der Waals surface area contributed by atoms with E-state index in [2.05, 4.69) is 15.9 Å². The number of likely N-dealkylation sites (tertiary alicyclic amines) is 1. The fourth-order valence-electron chi connectivity index (χ4n) is 2.21. The maximum absolute atomic E-state index is 12.1. The van der Waals surface area contributed by atoms with Crippen molar-refractivity contribution in [2.24, 2.45) is 5.92 Å². The summed E-state index contributed by atoms with van der Waals surface area (Å²) in [5, 5.41) is 9.66. The molecule has 0 radical (unpaired) electrons. The van der Waals surface area contributed by atoms with Crippen molar-refractivity contribution in [2.75, 3.05) is 13.1 Å². The quantitative estimate of drug-likeness (QED) is 0.850. The van der Waals surface area contributed by atoms with Crippen molar-refractivity contribution < 1.29 is 9.90 Å². The Morgan fingerprint density at radius 2 is 2.21 bits per heavy atom. The molecular weight excluding hydrogens is 306 g/mol. The molecule has 4 heteroatoms. The molecule has 3 nitrogen and oxygen atoms in total. The number of benzene rings is 1. The van der Waals surface area contributed by atoms with Crippen molar-refractivity contribution in [2.45, 2.75) is 19.4 Å². The third-order valence-corrected chi connectivity index (χ3v) is 4.20. The molecule has 1 aliphatic rings. The number of piperidine rings is 1. The second-order valence-electron chi connectivity index (χ2n) is 4.97. The Bertz CT molecular complexity index is 487. The number of aliphatic hydroxyl groups is 1. The standard InChI is InChI=1S/C15H18BrNO2/c1-11-10-17(9-8-14(11)18)15(19)7-6-12-4-2-3-5-13(12)16/h2-7,11,14,18H,8-10H2,1H3/b7-6+. The van der Waals surface area contributed by atoms with Gasteiger partial charge in [0.25, 0.3) is 0 Å². The number of rotatable bonds is 2. The maximum atomic E-state index is 12.1. The van der Waals surface area contributed by atoms with Crippen LogP contribution in [-0.4, -0.2) is 35.1 Å². The van der Waals surface area contributed by atoms with Gasteiger partial charge in [0.15, 0.2) is 0 Å². The average Bonchev–Trinajstić information content (AvgIpc) is 2.40. The normalized spacial score (nSPS) is 23.8. The Morgan fingerprint density at radius 1 is 1.47 bits per heavy atom. The molecule has 1 N–H and O–H groups in total. The van der Waals surface area contributed by atoms with E-state index in [-0.39, 0.29) is 17.9 Å². The largest absolute Gasteiger partial charge is 0.393 e. The first-order valence-electron chi connectivity index (χ1n) is 6.47. The lowest BCUT2D eigenvalue weighted by Gasteiger charge is -2.33. The van der Waals surface area contributed by atoms with Gasteiger partial charge < -0.3 is 10.0 Å². The van der Waals surface area contributed by atoms with E-state index in [0.29, 0.717) is 19.5 Å². The first kappa shape index (κ1) is 14.3. The lowest BCUT2D eigenvalue weighted by molar-refractivity contribution is -0.129. The highest BCUT2D eigenvalue weighted by molar-refractivity contribution is 9.10. The minimum absolute atomic E-state index is 0.00880. The second kappa shape index (κ2) is 6.35. The SMILES string of the molecule is CC1CN(C(=O)/C=C/c2ccccc2Br)CCC1O. The molecule has 1 saturated heterocycles. The fourth-order valence-corrected chi connectivity index (χ4v) is 2.63. The van der Waals surface area contributed by atoms with Gasteiger partial charge in [-0.3, -0.25) is 4.79 Å². The molecule has 0 spiro atoms. The third kappa shape index (κ3) is 3.67. The molecule has 19 heavy (non-hydrogen) atoms. The molecule has 1 aromatic rings. The highest BCUT2D eigenvalue weighted by Crippen LogP contribution is 2.19. The minimum Gasteiger partial charge on any atom is -0.393 e. The van der Waals surface area contributed by atoms with Crippen LogP contribution in [0.4, 0.5) is 0 Å². The van der Waals surface area contributed by atoms with Crippen molar-refractivity contribution in [3.63, 3.8) is 0 Å². The molecule has 0 aromatic heterocycles. The fraction of sp³-hybridized carbons (Fsp3) is 0.400. The molecule has 1 amide bonds. The number of halogens is 1. The number of carbonyl (C=O) groups excluding carboxylic acids is 1. The Morgan fingerprint density at radius 3 is 2.89 bits per heavy atom. The van der Waals surface area contributed by atoms with Gasteiger partial charge in [-0.25, -0.2) is 0 Å². The van der Waals surface area contributed by atoms with E-state index in [1.165, 1.54) is 0 Å². The van der Waals surface area contributed by atoms with Gasteiger partial charge in [0.2, 0.25) is 5.91 Å². The Labute approximate surface area is 122 Å². The van der Waals surface area contributed by atoms with E-state index in [9.17, 15) is 9.90 Å². The predicted octanol–water partition coefficient (Wildman–Crippen LogP) is 2.69. The molecule has 102 valence electrons. The van der Waals surface area contributed by atoms with Crippen molar-refractivity contribution in [3.05, 3.63) is 40.4 Å². The topological polar surface area (TPSA) is 40.5 Å². The summed E-state index contributed by atoms with van der Waals surface area (Å²) in [5.74, 6) is 0.157. The van der Waals surface area contributed by atoms with Crippen molar-refractivity contribution in [1.82, 2.24) is 4.90 Å². The molecule has 2 unspecified atom stereocenters. The average molecular weight is 324 g/mol. The van der Waals surface area contributed by atoms with Crippen LogP contribution >= 0.6 is 15.9 Å². The van der Waals surface area contributed by atoms with Gasteiger partial charge in [-0.15, -0.1) is 0 Å². The van der Waals surface area contributed by atoms with Crippen LogP contribution in [0.5, 0.6) is 0 Å². The molecule has 0 saturated carbocycles. The molecule has 1 aromatic carbocycles. The highest BCUT2D eigenvalue weighted by atomic mass is 79.9. The summed E-state index contributed by atoms with van der Waals surface area (Å²) in [4.78, 5) is 13.9. The number of amides is 1. The summed E-state index contributed by atoms with van der Waals surface area (Å²) < 4.78 is 0.974. The first-order chi connectivity index (χ1) is 9.08. The van der Waals surface area contributed by atoms with Crippen molar-refractivity contribution in [3.8, 4) is 0 Å². The van der Waals surface area contributed by atoms with E-state index in [1.54, 1.807) is 11.0 Å². The van der Waals surface area contributed by atoms with Gasteiger partial charge in [-0.05, 0) is 30.0 Å². The lowest BCUT2D eigenvalue weighted by atomic mass is 9.97. The van der Waals surface area contributed by atoms with Crippen LogP contribution in [0, 0.1) is 5.92 Å². The molecule has 1 aliphatic heterocycles. The molecule has 1 fully saturated rings. The van der Waals surface area contributed by atoms with Gasteiger partial charge in [0, 0.05) is 23.6 Å². The summed E-state index contributed by atoms with van der Waals surface area (Å²) in [6, 6.07) is 7.78. The number of hydrogen-bond donors (Lipinski definition) is 1. The molecule has 1 heterocycles. The van der Waals surface area contributed by atoms with Crippen LogP contribution in [0.2, 0.25) is 0 Å². The maximum Gasteiger partial charge on any atom is 0.246 e. The first-order valence-corrected chi connectivity index (χ1v) is 7.27. The zero-order valence-electron chi connectivity index (χ0n) is 10.9. The monoisotopic (exact) mass is 323 g/mol. The van der Waals surface area contributed by atoms with Gasteiger partial charge in [0.05, 0.1) is 6.10 Å². The summed E-state index contributed by atoms with van der Waals surface area (Å²) in [6.07, 6.45) is 3.80. The highest BCUT2D eigenvalue weighted by Gasteiger charge is 2.25. The van der Waals surface area contributed by atoms with Crippen molar-refractivity contribution >= 4 is 27.9 Å². The zero-order chi connectivity index (χ0) is 13.8. The van der Waals surface area contributed by atoms with Crippen LogP contribution in [0.1, 0.15) is 18.9 Å². The van der Waals surface area contributed by atoms with Crippen LogP contribution in [0.3, 0.4) is 0 Å². The van der Waals surface area contributed by atoms with Crippen LogP contribution in [-0.2, 0) is 4.79 Å². The van der Waals surface area contributed by atoms with E-state index < -0.39 is 0 Å². The molecule has 2 rings (SSSR count). The van der Waals surface area contributed by atoms with Crippen molar-refractivity contribution in [1.29, 1.82) is 0 Å². The minimum atomic E-state index is -0.281. The van der Waals surface area contributed by atoms with E-state index in [0.717, 1.165) is 10.0 Å². The van der Waals surface area contributed by atoms with Crippen LogP contribution in [0.25, 0.3) is 6.08 Å². The molecule has 0 aliphatic carbocycles. The number of aliphatic hydroxyl groups excluding tert-OH is 1. The van der Waals surface area contributed by atoms with E-state index in [1.807, 2.05) is 37.3 Å². The number of nitrogens with zero attached hydrogens (tertiary/aromatic N) is 1.